The SMILES string of the molecule is CC(C)(C)c1nnc(SCC(=O)NCCc2ccc(Cl)cc2)o1. The average Bonchev–Trinajstić information content (AvgIpc) is 2.96. The summed E-state index contributed by atoms with van der Waals surface area (Å²) in [6.07, 6.45) is 0.766. The molecule has 0 unspecified atom stereocenters. The lowest BCUT2D eigenvalue weighted by molar-refractivity contribution is -0.118. The van der Waals surface area contributed by atoms with Crippen LogP contribution in [0.3, 0.4) is 0 Å². The number of halogens is 1. The number of carbonyl (C=O) groups is 1. The lowest BCUT2D eigenvalue weighted by Crippen LogP contribution is -2.27. The molecule has 5 nitrogen and oxygen atoms in total. The highest BCUT2D eigenvalue weighted by molar-refractivity contribution is 7.99. The van der Waals surface area contributed by atoms with Gasteiger partial charge in [-0.3, -0.25) is 4.79 Å². The monoisotopic (exact) mass is 353 g/mol. The van der Waals surface area contributed by atoms with E-state index in [0.717, 1.165) is 12.0 Å². The van der Waals surface area contributed by atoms with Gasteiger partial charge in [0.05, 0.1) is 5.75 Å². The molecule has 2 aromatic rings. The van der Waals surface area contributed by atoms with Crippen LogP contribution in [0.5, 0.6) is 0 Å². The normalized spacial score (nSPS) is 11.5. The maximum atomic E-state index is 11.8. The van der Waals surface area contributed by atoms with Crippen LogP contribution in [0.15, 0.2) is 33.9 Å². The maximum absolute atomic E-state index is 11.8. The van der Waals surface area contributed by atoms with Crippen molar-refractivity contribution in [3.8, 4) is 0 Å². The van der Waals surface area contributed by atoms with Crippen LogP contribution in [0.1, 0.15) is 32.2 Å². The summed E-state index contributed by atoms with van der Waals surface area (Å²) in [6.45, 7) is 6.58. The van der Waals surface area contributed by atoms with Gasteiger partial charge in [-0.1, -0.05) is 56.3 Å². The van der Waals surface area contributed by atoms with Crippen molar-refractivity contribution in [1.82, 2.24) is 15.5 Å². The third-order valence-electron chi connectivity index (χ3n) is 3.02. The molecule has 124 valence electrons. The zero-order valence-electron chi connectivity index (χ0n) is 13.4. The van der Waals surface area contributed by atoms with Crippen LogP contribution in [0.25, 0.3) is 0 Å². The second-order valence-electron chi connectivity index (χ2n) is 6.14. The maximum Gasteiger partial charge on any atom is 0.277 e. The van der Waals surface area contributed by atoms with Crippen molar-refractivity contribution in [3.63, 3.8) is 0 Å². The van der Waals surface area contributed by atoms with Gasteiger partial charge in [0.25, 0.3) is 5.22 Å². The first kappa shape index (κ1) is 17.8. The number of amides is 1. The van der Waals surface area contributed by atoms with Gasteiger partial charge in [-0.15, -0.1) is 10.2 Å². The largest absolute Gasteiger partial charge is 0.415 e. The minimum absolute atomic E-state index is 0.0560. The smallest absolute Gasteiger partial charge is 0.277 e. The van der Waals surface area contributed by atoms with Crippen molar-refractivity contribution in [2.75, 3.05) is 12.3 Å². The highest BCUT2D eigenvalue weighted by atomic mass is 35.5. The van der Waals surface area contributed by atoms with Gasteiger partial charge in [-0.25, -0.2) is 0 Å². The molecule has 1 amide bonds. The Balaban J connectivity index is 1.71. The van der Waals surface area contributed by atoms with Crippen LogP contribution < -0.4 is 5.32 Å². The summed E-state index contributed by atoms with van der Waals surface area (Å²) < 4.78 is 5.53. The number of nitrogens with zero attached hydrogens (tertiary/aromatic N) is 2. The fraction of sp³-hybridized carbons (Fsp3) is 0.438. The predicted octanol–water partition coefficient (Wildman–Crippen LogP) is 3.47. The number of hydrogen-bond donors (Lipinski definition) is 1. The molecule has 2 rings (SSSR count). The minimum Gasteiger partial charge on any atom is -0.415 e. The Kier molecular flexibility index (Phi) is 6.07. The van der Waals surface area contributed by atoms with Crippen molar-refractivity contribution >= 4 is 29.3 Å². The van der Waals surface area contributed by atoms with E-state index in [1.165, 1.54) is 11.8 Å². The van der Waals surface area contributed by atoms with Crippen molar-refractivity contribution in [2.45, 2.75) is 37.8 Å². The van der Waals surface area contributed by atoms with Crippen LogP contribution >= 0.6 is 23.4 Å². The summed E-state index contributed by atoms with van der Waals surface area (Å²) in [6, 6.07) is 7.60. The van der Waals surface area contributed by atoms with Crippen molar-refractivity contribution in [2.24, 2.45) is 0 Å². The van der Waals surface area contributed by atoms with E-state index in [1.54, 1.807) is 0 Å². The van der Waals surface area contributed by atoms with Gasteiger partial charge in [0.1, 0.15) is 0 Å². The molecule has 0 fully saturated rings. The Hall–Kier alpha value is -1.53. The number of carbonyl (C=O) groups excluding carboxylic acids is 1. The predicted molar refractivity (Wildman–Crippen MR) is 91.9 cm³/mol. The first-order chi connectivity index (χ1) is 10.8. The third-order valence-corrected chi connectivity index (χ3v) is 4.09. The van der Waals surface area contributed by atoms with Crippen LogP contribution in [-0.2, 0) is 16.6 Å². The van der Waals surface area contributed by atoms with Crippen LogP contribution in [0.4, 0.5) is 0 Å². The van der Waals surface area contributed by atoms with E-state index in [1.807, 2.05) is 45.0 Å². The van der Waals surface area contributed by atoms with Crippen LogP contribution in [-0.4, -0.2) is 28.4 Å². The lowest BCUT2D eigenvalue weighted by atomic mass is 9.97. The summed E-state index contributed by atoms with van der Waals surface area (Å²) in [5, 5.41) is 11.9. The molecule has 23 heavy (non-hydrogen) atoms. The van der Waals surface area contributed by atoms with Crippen molar-refractivity contribution < 1.29 is 9.21 Å². The molecule has 1 N–H and O–H groups in total. The fourth-order valence-electron chi connectivity index (χ4n) is 1.75. The van der Waals surface area contributed by atoms with E-state index in [-0.39, 0.29) is 17.1 Å². The average molecular weight is 354 g/mol. The summed E-state index contributed by atoms with van der Waals surface area (Å²) in [4.78, 5) is 11.8. The second kappa shape index (κ2) is 7.84. The van der Waals surface area contributed by atoms with Gasteiger partial charge in [0.15, 0.2) is 0 Å². The molecular formula is C16H20ClN3O2S. The fourth-order valence-corrected chi connectivity index (χ4v) is 2.47. The Labute approximate surface area is 145 Å². The quantitative estimate of drug-likeness (QED) is 0.805. The molecule has 1 heterocycles. The molecule has 7 heteroatoms. The lowest BCUT2D eigenvalue weighted by Gasteiger charge is -2.10. The molecule has 0 saturated heterocycles. The Morgan fingerprint density at radius 1 is 1.26 bits per heavy atom. The summed E-state index contributed by atoms with van der Waals surface area (Å²) >= 11 is 7.08. The summed E-state index contributed by atoms with van der Waals surface area (Å²) in [5.74, 6) is 0.773. The highest BCUT2D eigenvalue weighted by Crippen LogP contribution is 2.24. The summed E-state index contributed by atoms with van der Waals surface area (Å²) in [5.41, 5.74) is 0.946. The first-order valence-corrected chi connectivity index (χ1v) is 8.69. The van der Waals surface area contributed by atoms with Gasteiger partial charge >= 0.3 is 0 Å². The van der Waals surface area contributed by atoms with E-state index in [2.05, 4.69) is 15.5 Å². The number of rotatable bonds is 6. The van der Waals surface area contributed by atoms with Crippen molar-refractivity contribution in [1.29, 1.82) is 0 Å². The van der Waals surface area contributed by atoms with E-state index in [4.69, 9.17) is 16.0 Å². The van der Waals surface area contributed by atoms with E-state index in [9.17, 15) is 4.79 Å². The molecular weight excluding hydrogens is 334 g/mol. The van der Waals surface area contributed by atoms with Gasteiger partial charge in [-0.2, -0.15) is 0 Å². The number of hydrogen-bond acceptors (Lipinski definition) is 5. The molecule has 0 aliphatic rings. The zero-order chi connectivity index (χ0) is 16.9. The Bertz CT molecular complexity index is 650. The van der Waals surface area contributed by atoms with E-state index in [0.29, 0.717) is 22.7 Å². The molecule has 0 aliphatic heterocycles. The minimum atomic E-state index is -0.188. The molecule has 0 radical (unpaired) electrons. The molecule has 0 saturated carbocycles. The zero-order valence-corrected chi connectivity index (χ0v) is 15.0. The van der Waals surface area contributed by atoms with Gasteiger partial charge in [0, 0.05) is 17.0 Å². The molecule has 0 bridgehead atoms. The van der Waals surface area contributed by atoms with E-state index >= 15 is 0 Å². The van der Waals surface area contributed by atoms with Crippen LogP contribution in [0, 0.1) is 0 Å². The first-order valence-electron chi connectivity index (χ1n) is 7.32. The topological polar surface area (TPSA) is 68.0 Å². The standard InChI is InChI=1S/C16H20ClN3O2S/c1-16(2,3)14-19-20-15(22-14)23-10-13(21)18-9-8-11-4-6-12(17)7-5-11/h4-7H,8-10H2,1-3H3,(H,18,21). The Morgan fingerprint density at radius 3 is 2.57 bits per heavy atom. The molecule has 0 spiro atoms. The number of benzene rings is 1. The summed E-state index contributed by atoms with van der Waals surface area (Å²) in [7, 11) is 0. The molecule has 1 aromatic heterocycles. The molecule has 1 aromatic carbocycles. The third kappa shape index (κ3) is 5.88. The second-order valence-corrected chi connectivity index (χ2v) is 7.50. The van der Waals surface area contributed by atoms with E-state index < -0.39 is 0 Å². The number of aromatic nitrogens is 2. The molecule has 0 aliphatic carbocycles. The highest BCUT2D eigenvalue weighted by Gasteiger charge is 2.21. The number of thioether (sulfide) groups is 1. The van der Waals surface area contributed by atoms with Gasteiger partial charge < -0.3 is 9.73 Å². The van der Waals surface area contributed by atoms with Crippen molar-refractivity contribution in [3.05, 3.63) is 40.7 Å². The van der Waals surface area contributed by atoms with Crippen LogP contribution in [0.2, 0.25) is 5.02 Å². The van der Waals surface area contributed by atoms with Gasteiger partial charge in [-0.05, 0) is 24.1 Å². The molecule has 0 atom stereocenters. The van der Waals surface area contributed by atoms with Gasteiger partial charge in [0.2, 0.25) is 11.8 Å². The Morgan fingerprint density at radius 2 is 1.96 bits per heavy atom. The number of nitrogens with one attached hydrogen (secondary N) is 1.